The van der Waals surface area contributed by atoms with E-state index in [0.717, 1.165) is 5.92 Å². The Labute approximate surface area is 104 Å². The number of aryl methyl sites for hydroxylation is 1. The summed E-state index contributed by atoms with van der Waals surface area (Å²) in [5.41, 5.74) is 4.69. The topological polar surface area (TPSA) is 20.2 Å². The molecule has 1 saturated carbocycles. The molecule has 1 aromatic rings. The largest absolute Gasteiger partial charge is 0.508 e. The molecule has 17 heavy (non-hydrogen) atoms. The number of hydrogen-bond donors (Lipinski definition) is 1. The molecule has 1 fully saturated rings. The summed E-state index contributed by atoms with van der Waals surface area (Å²) in [5, 5.41) is 9.86. The Morgan fingerprint density at radius 3 is 2.88 bits per heavy atom. The first-order valence-electron chi connectivity index (χ1n) is 6.94. The molecular formula is C16H22O. The molecule has 0 heterocycles. The van der Waals surface area contributed by atoms with Crippen molar-refractivity contribution in [2.75, 3.05) is 0 Å². The van der Waals surface area contributed by atoms with Crippen LogP contribution in [0.3, 0.4) is 0 Å². The molecule has 0 saturated heterocycles. The van der Waals surface area contributed by atoms with E-state index in [9.17, 15) is 5.11 Å². The lowest BCUT2D eigenvalue weighted by Gasteiger charge is -2.38. The minimum atomic E-state index is 0.399. The first-order chi connectivity index (χ1) is 8.11. The van der Waals surface area contributed by atoms with Gasteiger partial charge in [0.2, 0.25) is 0 Å². The van der Waals surface area contributed by atoms with E-state index in [0.29, 0.717) is 11.2 Å². The summed E-state index contributed by atoms with van der Waals surface area (Å²) in [4.78, 5) is 0. The van der Waals surface area contributed by atoms with E-state index in [1.165, 1.54) is 55.2 Å². The van der Waals surface area contributed by atoms with Crippen LogP contribution in [0, 0.1) is 12.8 Å². The van der Waals surface area contributed by atoms with Crippen molar-refractivity contribution in [2.24, 2.45) is 5.92 Å². The van der Waals surface area contributed by atoms with Crippen LogP contribution >= 0.6 is 0 Å². The molecule has 1 nitrogen and oxygen atoms in total. The molecule has 0 aliphatic heterocycles. The molecule has 3 rings (SSSR count). The smallest absolute Gasteiger partial charge is 0.116 e. The fraction of sp³-hybridized carbons (Fsp3) is 0.625. The van der Waals surface area contributed by atoms with Crippen molar-refractivity contribution in [1.82, 2.24) is 0 Å². The van der Waals surface area contributed by atoms with Crippen LogP contribution in [0.2, 0.25) is 0 Å². The van der Waals surface area contributed by atoms with Gasteiger partial charge in [0.05, 0.1) is 0 Å². The molecular weight excluding hydrogens is 208 g/mol. The van der Waals surface area contributed by atoms with Gasteiger partial charge in [0.1, 0.15) is 5.75 Å². The summed E-state index contributed by atoms with van der Waals surface area (Å²) in [6.45, 7) is 4.53. The zero-order valence-electron chi connectivity index (χ0n) is 10.9. The van der Waals surface area contributed by atoms with Crippen molar-refractivity contribution in [3.63, 3.8) is 0 Å². The number of phenols is 1. The van der Waals surface area contributed by atoms with E-state index in [4.69, 9.17) is 0 Å². The molecule has 0 radical (unpaired) electrons. The Morgan fingerprint density at radius 1 is 1.29 bits per heavy atom. The van der Waals surface area contributed by atoms with E-state index >= 15 is 0 Å². The average molecular weight is 230 g/mol. The van der Waals surface area contributed by atoms with Gasteiger partial charge in [-0.2, -0.15) is 0 Å². The second-order valence-corrected chi connectivity index (χ2v) is 6.27. The van der Waals surface area contributed by atoms with Gasteiger partial charge < -0.3 is 5.11 Å². The molecule has 2 aliphatic rings. The highest BCUT2D eigenvalue weighted by molar-refractivity contribution is 5.48. The highest BCUT2D eigenvalue weighted by atomic mass is 16.3. The van der Waals surface area contributed by atoms with Crippen molar-refractivity contribution in [1.29, 1.82) is 0 Å². The maximum Gasteiger partial charge on any atom is 0.116 e. The molecule has 92 valence electrons. The molecule has 2 aliphatic carbocycles. The number of hydrogen-bond acceptors (Lipinski definition) is 1. The second-order valence-electron chi connectivity index (χ2n) is 6.27. The number of aromatic hydroxyl groups is 1. The Balaban J connectivity index is 2.08. The van der Waals surface area contributed by atoms with E-state index in [2.05, 4.69) is 13.8 Å². The minimum Gasteiger partial charge on any atom is -0.508 e. The van der Waals surface area contributed by atoms with E-state index in [1.54, 1.807) is 0 Å². The molecule has 0 bridgehead atoms. The first kappa shape index (κ1) is 11.1. The summed E-state index contributed by atoms with van der Waals surface area (Å²) >= 11 is 0. The molecule has 0 aromatic heterocycles. The fourth-order valence-electron chi connectivity index (χ4n) is 4.23. The summed E-state index contributed by atoms with van der Waals surface area (Å²) < 4.78 is 0. The lowest BCUT2D eigenvalue weighted by Crippen LogP contribution is -2.29. The fourth-order valence-corrected chi connectivity index (χ4v) is 4.23. The van der Waals surface area contributed by atoms with Crippen LogP contribution in [-0.2, 0) is 11.8 Å². The maximum atomic E-state index is 9.86. The van der Waals surface area contributed by atoms with Gasteiger partial charge in [-0.15, -0.1) is 0 Å². The number of phenolic OH excluding ortho intramolecular Hbond substituents is 1. The van der Waals surface area contributed by atoms with Crippen LogP contribution in [-0.4, -0.2) is 5.11 Å². The molecule has 1 spiro atoms. The third-order valence-electron chi connectivity index (χ3n) is 4.97. The third kappa shape index (κ3) is 1.67. The average Bonchev–Trinajstić information content (AvgIpc) is 2.58. The van der Waals surface area contributed by atoms with E-state index in [1.807, 2.05) is 12.1 Å². The predicted octanol–water partition coefficient (Wildman–Crippen LogP) is 4.09. The van der Waals surface area contributed by atoms with Crippen molar-refractivity contribution < 1.29 is 5.11 Å². The zero-order valence-corrected chi connectivity index (χ0v) is 10.9. The zero-order chi connectivity index (χ0) is 12.0. The highest BCUT2D eigenvalue weighted by Gasteiger charge is 2.41. The van der Waals surface area contributed by atoms with Crippen LogP contribution in [0.1, 0.15) is 55.7 Å². The predicted molar refractivity (Wildman–Crippen MR) is 70.5 cm³/mol. The van der Waals surface area contributed by atoms with Crippen molar-refractivity contribution >= 4 is 0 Å². The normalized spacial score (nSPS) is 31.8. The van der Waals surface area contributed by atoms with E-state index < -0.39 is 0 Å². The van der Waals surface area contributed by atoms with Crippen LogP contribution in [0.4, 0.5) is 0 Å². The summed E-state index contributed by atoms with van der Waals surface area (Å²) in [7, 11) is 0. The second kappa shape index (κ2) is 3.76. The Morgan fingerprint density at radius 2 is 2.12 bits per heavy atom. The van der Waals surface area contributed by atoms with Crippen LogP contribution < -0.4 is 0 Å². The van der Waals surface area contributed by atoms with Gasteiger partial charge in [-0.3, -0.25) is 0 Å². The van der Waals surface area contributed by atoms with Crippen molar-refractivity contribution in [3.8, 4) is 5.75 Å². The lowest BCUT2D eigenvalue weighted by molar-refractivity contribution is 0.232. The number of benzene rings is 1. The van der Waals surface area contributed by atoms with Gasteiger partial charge in [-0.25, -0.2) is 0 Å². The Kier molecular flexibility index (Phi) is 2.46. The molecule has 0 amide bonds. The molecule has 1 N–H and O–H groups in total. The Hall–Kier alpha value is -0.980. The quantitative estimate of drug-likeness (QED) is 0.711. The van der Waals surface area contributed by atoms with Gasteiger partial charge in [0.15, 0.2) is 0 Å². The van der Waals surface area contributed by atoms with Crippen LogP contribution in [0.25, 0.3) is 0 Å². The number of rotatable bonds is 0. The van der Waals surface area contributed by atoms with Gasteiger partial charge in [-0.1, -0.05) is 19.8 Å². The SMILES string of the molecule is Cc1cc(O)cc2c1CCC21CCCC(C)C1. The lowest BCUT2D eigenvalue weighted by atomic mass is 9.67. The summed E-state index contributed by atoms with van der Waals surface area (Å²) in [6, 6.07) is 3.97. The van der Waals surface area contributed by atoms with Gasteiger partial charge in [0, 0.05) is 0 Å². The van der Waals surface area contributed by atoms with Crippen molar-refractivity contribution in [2.45, 2.75) is 57.8 Å². The monoisotopic (exact) mass is 230 g/mol. The molecule has 1 heteroatoms. The molecule has 1 aromatic carbocycles. The standard InChI is InChI=1S/C16H22O/c1-11-4-3-6-16(10-11)7-5-14-12(2)8-13(17)9-15(14)16/h8-9,11,17H,3-7,10H2,1-2H3. The first-order valence-corrected chi connectivity index (χ1v) is 6.94. The third-order valence-corrected chi connectivity index (χ3v) is 4.97. The molecule has 2 unspecified atom stereocenters. The van der Waals surface area contributed by atoms with Crippen LogP contribution in [0.5, 0.6) is 5.75 Å². The minimum absolute atomic E-state index is 0.399. The van der Waals surface area contributed by atoms with Gasteiger partial charge in [0.25, 0.3) is 0 Å². The Bertz CT molecular complexity index is 449. The summed E-state index contributed by atoms with van der Waals surface area (Å²) in [6.07, 6.45) is 7.91. The van der Waals surface area contributed by atoms with Gasteiger partial charge >= 0.3 is 0 Å². The van der Waals surface area contributed by atoms with Crippen LogP contribution in [0.15, 0.2) is 12.1 Å². The van der Waals surface area contributed by atoms with Crippen molar-refractivity contribution in [3.05, 3.63) is 28.8 Å². The van der Waals surface area contributed by atoms with E-state index in [-0.39, 0.29) is 0 Å². The number of fused-ring (bicyclic) bond motifs is 2. The van der Waals surface area contributed by atoms with Gasteiger partial charge in [-0.05, 0) is 72.8 Å². The summed E-state index contributed by atoms with van der Waals surface area (Å²) in [5.74, 6) is 1.30. The highest BCUT2D eigenvalue weighted by Crippen LogP contribution is 2.51. The maximum absolute atomic E-state index is 9.86. The molecule has 2 atom stereocenters.